The minimum absolute atomic E-state index is 0.261. The molecule has 694 valence electrons. The first kappa shape index (κ1) is 95.0. The van der Waals surface area contributed by atoms with Crippen LogP contribution in [0.4, 0.5) is 11.6 Å². The first-order valence-corrected chi connectivity index (χ1v) is 50.0. The van der Waals surface area contributed by atoms with Gasteiger partial charge in [0.25, 0.3) is 0 Å². The van der Waals surface area contributed by atoms with E-state index in [4.69, 9.17) is 83.6 Å². The van der Waals surface area contributed by atoms with Crippen LogP contribution in [0.2, 0.25) is 15.1 Å². The van der Waals surface area contributed by atoms with E-state index in [0.717, 1.165) is 237 Å². The Morgan fingerprint density at radius 1 is 0.421 bits per heavy atom. The number of hydrogen-bond acceptors (Lipinski definition) is 21. The van der Waals surface area contributed by atoms with Crippen LogP contribution in [0, 0.1) is 32.6 Å². The van der Waals surface area contributed by atoms with Crippen molar-refractivity contribution in [1.82, 2.24) is 54.1 Å². The Kier molecular flexibility index (Phi) is 27.7. The number of carbonyl (C=O) groups excluding carboxylic acids is 2. The van der Waals surface area contributed by atoms with Gasteiger partial charge in [0.05, 0.1) is 77.2 Å². The van der Waals surface area contributed by atoms with Crippen molar-refractivity contribution in [2.24, 2.45) is 33.0 Å². The summed E-state index contributed by atoms with van der Waals surface area (Å²) < 4.78 is 39.6. The zero-order valence-electron chi connectivity index (χ0n) is 78.3. The Balaban J connectivity index is 0.000000140. The number of fused-ring (bicyclic) bond motifs is 6. The van der Waals surface area contributed by atoms with Gasteiger partial charge < -0.3 is 38.6 Å². The van der Waals surface area contributed by atoms with Crippen molar-refractivity contribution in [3.05, 3.63) is 199 Å². The highest BCUT2D eigenvalue weighted by Crippen LogP contribution is 2.51. The number of piperazine rings is 2. The lowest BCUT2D eigenvalue weighted by Gasteiger charge is -2.35. The van der Waals surface area contributed by atoms with Crippen LogP contribution in [0.15, 0.2) is 150 Å². The van der Waals surface area contributed by atoms with Crippen molar-refractivity contribution in [3.8, 4) is 65.1 Å². The zero-order valence-corrected chi connectivity index (χ0v) is 84.6. The molecule has 2 saturated carbocycles. The standard InChI is InChI=1S/C38H44ClN5O3S.C36H40ClN5O3S.C30H29BrClN3O3S/c1-7-46-37(45)33(47-38(3,4)5)31-23(2)20-29-34(32(31)25-10-13-27(39)14-11-25)48-36(40-29)26-12-15-30-28(21-26)35(41-42(30)6)44-18-16-43(17-19-44)22-24-8-9-24;1-21-18-27-32(30(23-8-11-25(37)12-9-23)29(21)31(35(43)44)45-36(2,3)4)46-34(38-27)24-10-13-28-26(19-24)33(39-40(28)5)42-16-14-41(15-17-42)20-22-6-7-22;1-7-37-29(36)25(38-30(3,4)5)23-16(2)14-21-26(24(23)17-8-11-19(32)12-9-17)39-28(33-21)18-10-13-22-20(15-18)27(31)34-35(22)6/h10-15,20-21,24,33H,7-9,16-19,22H2,1-6H3;8-13,18-19,22,31H,6-7,14-17,20H2,1-5H3,(H,43,44);8-15,25H,7H2,1-6H3/t33-;31-;25-/m000/s1. The molecule has 0 spiro atoms. The third-order valence-electron chi connectivity index (χ3n) is 24.6. The van der Waals surface area contributed by atoms with Gasteiger partial charge >= 0.3 is 17.9 Å². The largest absolute Gasteiger partial charge is 0.479 e. The van der Waals surface area contributed by atoms with Crippen LogP contribution in [-0.2, 0) is 59.2 Å². The van der Waals surface area contributed by atoms with E-state index in [-0.39, 0.29) is 13.2 Å². The number of carboxylic acid groups (broad SMARTS) is 1. The first-order chi connectivity index (χ1) is 63.4. The lowest BCUT2D eigenvalue weighted by Crippen LogP contribution is -2.47. The maximum absolute atomic E-state index is 13.5. The van der Waals surface area contributed by atoms with E-state index in [1.807, 2.05) is 210 Å². The number of benzene rings is 9. The molecule has 6 aromatic heterocycles. The van der Waals surface area contributed by atoms with E-state index in [0.29, 0.717) is 20.6 Å². The molecule has 3 atom stereocenters. The van der Waals surface area contributed by atoms with Crippen molar-refractivity contribution < 1.29 is 43.2 Å². The lowest BCUT2D eigenvalue weighted by atomic mass is 9.91. The summed E-state index contributed by atoms with van der Waals surface area (Å²) in [5.74, 6) is 2.03. The molecule has 0 unspecified atom stereocenters. The summed E-state index contributed by atoms with van der Waals surface area (Å²) in [6.45, 7) is 38.0. The number of esters is 2. The Morgan fingerprint density at radius 3 is 1.02 bits per heavy atom. The van der Waals surface area contributed by atoms with Gasteiger partial charge in [-0.05, 0) is 293 Å². The summed E-state index contributed by atoms with van der Waals surface area (Å²) in [5.41, 5.74) is 17.2. The average Bonchev–Trinajstić information content (AvgIpc) is 1.70. The van der Waals surface area contributed by atoms with Gasteiger partial charge in [0.1, 0.15) is 19.6 Å². The SMILES string of the molecule is CCOC(=O)[C@@H](OC(C)(C)C)c1c(C)cc2nc(-c3ccc4c(c3)c(Br)nn4C)sc2c1-c1ccc(Cl)cc1.CCOC(=O)[C@@H](OC(C)(C)C)c1c(C)cc2nc(-c3ccc4c(c3)c(N3CCN(CC5CC5)CC3)nn4C)sc2c1-c1ccc(Cl)cc1.Cc1cc2nc(-c3ccc4c(c3)c(N3CCN(CC5CC5)CC3)nn4C)sc2c(-c2ccc(Cl)cc2)c1[C@H](OC(C)(C)C)C(=O)O. The van der Waals surface area contributed by atoms with Gasteiger partial charge in [-0.3, -0.25) is 23.8 Å². The van der Waals surface area contributed by atoms with Gasteiger partial charge in [0.2, 0.25) is 0 Å². The number of anilines is 2. The predicted molar refractivity (Wildman–Crippen MR) is 546 cm³/mol. The van der Waals surface area contributed by atoms with Gasteiger partial charge in [-0.1, -0.05) is 71.2 Å². The highest BCUT2D eigenvalue weighted by molar-refractivity contribution is 9.10. The normalized spacial score (nSPS) is 15.6. The van der Waals surface area contributed by atoms with Crippen molar-refractivity contribution in [2.75, 3.05) is 88.5 Å². The third kappa shape index (κ3) is 21.0. The lowest BCUT2D eigenvalue weighted by molar-refractivity contribution is -0.167. The molecule has 15 aromatic rings. The molecule has 8 heterocycles. The Hall–Kier alpha value is -9.78. The minimum atomic E-state index is -1.15. The summed E-state index contributed by atoms with van der Waals surface area (Å²) in [5, 5.41) is 32.7. The average molecular weight is 1970 g/mol. The van der Waals surface area contributed by atoms with E-state index >= 15 is 0 Å². The molecular formula is C104H113BrCl3N13O9S3. The molecule has 0 amide bonds. The minimum Gasteiger partial charge on any atom is -0.479 e. The number of hydrogen-bond donors (Lipinski definition) is 1. The molecule has 22 nitrogen and oxygen atoms in total. The van der Waals surface area contributed by atoms with Gasteiger partial charge in [-0.25, -0.2) is 29.3 Å². The second-order valence-electron chi connectivity index (χ2n) is 38.2. The summed E-state index contributed by atoms with van der Waals surface area (Å²) in [7, 11) is 5.95. The fourth-order valence-corrected chi connectivity index (χ4v) is 22.4. The van der Waals surface area contributed by atoms with Gasteiger partial charge in [-0.15, -0.1) is 34.0 Å². The predicted octanol–water partition coefficient (Wildman–Crippen LogP) is 25.0. The molecule has 29 heteroatoms. The van der Waals surface area contributed by atoms with Crippen molar-refractivity contribution in [3.63, 3.8) is 0 Å². The number of carbonyl (C=O) groups is 3. The molecule has 0 radical (unpaired) electrons. The number of halogens is 4. The number of nitrogens with zero attached hydrogens (tertiary/aromatic N) is 13. The number of aliphatic carboxylic acids is 1. The molecule has 1 N–H and O–H groups in total. The second kappa shape index (κ2) is 38.8. The summed E-state index contributed by atoms with van der Waals surface area (Å²) in [6, 6.07) is 48.2. The first-order valence-electron chi connectivity index (χ1n) is 45.6. The van der Waals surface area contributed by atoms with E-state index in [2.05, 4.69) is 101 Å². The fourth-order valence-electron chi connectivity index (χ4n) is 18.1. The number of carboxylic acids is 1. The molecule has 2 aliphatic carbocycles. The Labute approximate surface area is 811 Å². The van der Waals surface area contributed by atoms with E-state index in [1.54, 1.807) is 40.9 Å². The molecule has 4 fully saturated rings. The third-order valence-corrected chi connectivity index (χ3v) is 29.3. The molecule has 9 aromatic carbocycles. The van der Waals surface area contributed by atoms with Gasteiger partial charge in [0, 0.05) is 168 Å². The van der Waals surface area contributed by atoms with Crippen LogP contribution in [0.1, 0.15) is 154 Å². The van der Waals surface area contributed by atoms with Crippen LogP contribution >= 0.6 is 84.7 Å². The Bertz CT molecular complexity index is 6900. The summed E-state index contributed by atoms with van der Waals surface area (Å²) in [6.07, 6.45) is 2.56. The van der Waals surface area contributed by atoms with Crippen molar-refractivity contribution in [2.45, 2.75) is 158 Å². The quantitative estimate of drug-likeness (QED) is 0.0588. The van der Waals surface area contributed by atoms with Gasteiger partial charge in [0.15, 0.2) is 29.9 Å². The van der Waals surface area contributed by atoms with Crippen molar-refractivity contribution in [1.29, 1.82) is 0 Å². The number of rotatable bonds is 23. The maximum atomic E-state index is 13.5. The molecule has 133 heavy (non-hydrogen) atoms. The molecule has 2 saturated heterocycles. The number of aromatic nitrogens is 9. The van der Waals surface area contributed by atoms with Gasteiger partial charge in [-0.2, -0.15) is 15.3 Å². The topological polar surface area (TPSA) is 223 Å². The number of aryl methyl sites for hydroxylation is 6. The van der Waals surface area contributed by atoms with Crippen LogP contribution in [0.5, 0.6) is 0 Å². The van der Waals surface area contributed by atoms with E-state index in [9.17, 15) is 19.5 Å². The summed E-state index contributed by atoms with van der Waals surface area (Å²) in [4.78, 5) is 65.0. The van der Waals surface area contributed by atoms with E-state index < -0.39 is 53.0 Å². The molecular weight excluding hydrogens is 1860 g/mol. The van der Waals surface area contributed by atoms with Crippen LogP contribution in [0.25, 0.3) is 128 Å². The Morgan fingerprint density at radius 2 is 0.714 bits per heavy atom. The molecule has 0 bridgehead atoms. The monoisotopic (exact) mass is 1970 g/mol. The highest BCUT2D eigenvalue weighted by atomic mass is 79.9. The second-order valence-corrected chi connectivity index (χ2v) is 43.3. The molecule has 2 aliphatic heterocycles. The van der Waals surface area contributed by atoms with E-state index in [1.165, 1.54) is 38.8 Å². The highest BCUT2D eigenvalue weighted by Gasteiger charge is 2.39. The van der Waals surface area contributed by atoms with Crippen LogP contribution in [-0.4, -0.2) is 173 Å². The maximum Gasteiger partial charge on any atom is 0.339 e. The van der Waals surface area contributed by atoms with Crippen LogP contribution in [0.3, 0.4) is 0 Å². The smallest absolute Gasteiger partial charge is 0.339 e. The summed E-state index contributed by atoms with van der Waals surface area (Å²) >= 11 is 27.2. The van der Waals surface area contributed by atoms with Crippen LogP contribution < -0.4 is 9.80 Å². The zero-order chi connectivity index (χ0) is 94.1. The number of thiazole rings is 3. The number of ether oxygens (including phenoxy) is 5. The fraction of sp³-hybridized carbons (Fsp3) is 0.394. The molecule has 4 aliphatic rings. The molecule has 19 rings (SSSR count). The van der Waals surface area contributed by atoms with Crippen molar-refractivity contribution >= 4 is 178 Å².